The highest BCUT2D eigenvalue weighted by Gasteiger charge is 2.24. The van der Waals surface area contributed by atoms with Crippen molar-refractivity contribution in [1.82, 2.24) is 4.90 Å². The average Bonchev–Trinajstić information content (AvgIpc) is 2.41. The number of likely N-dealkylation sites (tertiary alicyclic amines) is 1. The number of hydrogen-bond donors (Lipinski definition) is 2. The Bertz CT molecular complexity index is 410. The summed E-state index contributed by atoms with van der Waals surface area (Å²) in [6.45, 7) is 8.57. The molecule has 1 aromatic rings. The van der Waals surface area contributed by atoms with Gasteiger partial charge in [-0.2, -0.15) is 0 Å². The highest BCUT2D eigenvalue weighted by Crippen LogP contribution is 2.29. The van der Waals surface area contributed by atoms with Gasteiger partial charge < -0.3 is 14.8 Å². The van der Waals surface area contributed by atoms with Crippen molar-refractivity contribution in [2.24, 2.45) is 5.41 Å². The molecular formula is C15H24BNO3. The number of ether oxygens (including phenoxy) is 1. The van der Waals surface area contributed by atoms with Crippen LogP contribution in [0.3, 0.4) is 0 Å². The van der Waals surface area contributed by atoms with Crippen molar-refractivity contribution in [3.63, 3.8) is 0 Å². The Kier molecular flexibility index (Phi) is 5.08. The second-order valence-corrected chi connectivity index (χ2v) is 6.30. The Morgan fingerprint density at radius 3 is 2.30 bits per heavy atom. The fourth-order valence-corrected chi connectivity index (χ4v) is 2.41. The molecule has 0 bridgehead atoms. The topological polar surface area (TPSA) is 52.9 Å². The van der Waals surface area contributed by atoms with E-state index in [1.165, 1.54) is 12.8 Å². The third kappa shape index (κ3) is 4.51. The number of piperidine rings is 1. The van der Waals surface area contributed by atoms with Gasteiger partial charge >= 0.3 is 7.12 Å². The lowest BCUT2D eigenvalue weighted by Gasteiger charge is -2.36. The van der Waals surface area contributed by atoms with Gasteiger partial charge in [-0.25, -0.2) is 0 Å². The van der Waals surface area contributed by atoms with Gasteiger partial charge in [0.15, 0.2) is 0 Å². The Morgan fingerprint density at radius 1 is 1.15 bits per heavy atom. The minimum absolute atomic E-state index is 0.482. The molecule has 0 saturated carbocycles. The summed E-state index contributed by atoms with van der Waals surface area (Å²) in [5.74, 6) is 0.770. The van der Waals surface area contributed by atoms with E-state index in [0.717, 1.165) is 25.4 Å². The van der Waals surface area contributed by atoms with Gasteiger partial charge in [0.2, 0.25) is 0 Å². The second-order valence-electron chi connectivity index (χ2n) is 6.30. The van der Waals surface area contributed by atoms with E-state index in [4.69, 9.17) is 14.8 Å². The molecule has 1 fully saturated rings. The van der Waals surface area contributed by atoms with E-state index >= 15 is 0 Å². The van der Waals surface area contributed by atoms with Crippen LogP contribution in [0, 0.1) is 5.41 Å². The van der Waals surface area contributed by atoms with Crippen LogP contribution in [0.1, 0.15) is 26.7 Å². The summed E-state index contributed by atoms with van der Waals surface area (Å²) in [5.41, 5.74) is 0.966. The van der Waals surface area contributed by atoms with Crippen molar-refractivity contribution >= 4 is 12.6 Å². The predicted octanol–water partition coefficient (Wildman–Crippen LogP) is 0.867. The third-order valence-corrected chi connectivity index (χ3v) is 4.06. The van der Waals surface area contributed by atoms with Crippen LogP contribution in [-0.4, -0.2) is 48.3 Å². The molecule has 0 radical (unpaired) electrons. The van der Waals surface area contributed by atoms with Gasteiger partial charge in [0.25, 0.3) is 0 Å². The molecule has 1 saturated heterocycles. The van der Waals surface area contributed by atoms with E-state index in [0.29, 0.717) is 17.5 Å². The predicted molar refractivity (Wildman–Crippen MR) is 81.2 cm³/mol. The maximum absolute atomic E-state index is 9.01. The van der Waals surface area contributed by atoms with Crippen LogP contribution in [0.25, 0.3) is 0 Å². The number of rotatable bonds is 5. The van der Waals surface area contributed by atoms with E-state index in [1.807, 2.05) is 0 Å². The molecule has 4 nitrogen and oxygen atoms in total. The summed E-state index contributed by atoms with van der Waals surface area (Å²) < 4.78 is 5.69. The molecule has 0 aliphatic carbocycles. The summed E-state index contributed by atoms with van der Waals surface area (Å²) in [6, 6.07) is 6.88. The molecule has 110 valence electrons. The van der Waals surface area contributed by atoms with Crippen molar-refractivity contribution in [2.75, 3.05) is 26.2 Å². The van der Waals surface area contributed by atoms with Gasteiger partial charge in [0.1, 0.15) is 12.4 Å². The lowest BCUT2D eigenvalue weighted by molar-refractivity contribution is 0.116. The first-order valence-corrected chi connectivity index (χ1v) is 7.28. The van der Waals surface area contributed by atoms with Crippen LogP contribution in [-0.2, 0) is 0 Å². The lowest BCUT2D eigenvalue weighted by Crippen LogP contribution is -2.39. The third-order valence-electron chi connectivity index (χ3n) is 4.06. The zero-order valence-corrected chi connectivity index (χ0v) is 12.4. The molecule has 1 aliphatic heterocycles. The maximum Gasteiger partial charge on any atom is 0.488 e. The lowest BCUT2D eigenvalue weighted by atomic mass is 9.80. The van der Waals surface area contributed by atoms with Crippen molar-refractivity contribution in [2.45, 2.75) is 26.7 Å². The first kappa shape index (κ1) is 15.4. The van der Waals surface area contributed by atoms with Crippen molar-refractivity contribution in [3.8, 4) is 5.75 Å². The minimum atomic E-state index is -1.42. The first-order valence-electron chi connectivity index (χ1n) is 7.28. The number of nitrogens with zero attached hydrogens (tertiary/aromatic N) is 1. The zero-order chi connectivity index (χ0) is 14.6. The fraction of sp³-hybridized carbons (Fsp3) is 0.600. The highest BCUT2D eigenvalue weighted by atomic mass is 16.5. The molecule has 0 spiro atoms. The molecule has 1 heterocycles. The number of hydrogen-bond acceptors (Lipinski definition) is 4. The first-order chi connectivity index (χ1) is 9.46. The summed E-state index contributed by atoms with van der Waals surface area (Å²) in [7, 11) is -1.42. The molecular weight excluding hydrogens is 253 g/mol. The summed E-state index contributed by atoms with van der Waals surface area (Å²) >= 11 is 0. The fourth-order valence-electron chi connectivity index (χ4n) is 2.41. The van der Waals surface area contributed by atoms with Gasteiger partial charge in [0, 0.05) is 6.54 Å². The molecule has 20 heavy (non-hydrogen) atoms. The van der Waals surface area contributed by atoms with Crippen LogP contribution in [0.4, 0.5) is 0 Å². The zero-order valence-electron chi connectivity index (χ0n) is 12.4. The Morgan fingerprint density at radius 2 is 1.75 bits per heavy atom. The summed E-state index contributed by atoms with van der Waals surface area (Å²) in [4.78, 5) is 2.44. The van der Waals surface area contributed by atoms with E-state index in [-0.39, 0.29) is 0 Å². The largest absolute Gasteiger partial charge is 0.492 e. The molecule has 1 aromatic carbocycles. The SMILES string of the molecule is CC1(C)CCN(CCOc2ccc(B(O)O)cc2)CC1. The van der Waals surface area contributed by atoms with E-state index < -0.39 is 7.12 Å². The van der Waals surface area contributed by atoms with Crippen molar-refractivity contribution in [1.29, 1.82) is 0 Å². The van der Waals surface area contributed by atoms with E-state index in [2.05, 4.69) is 18.7 Å². The van der Waals surface area contributed by atoms with Gasteiger partial charge in [-0.1, -0.05) is 26.0 Å². The molecule has 5 heteroatoms. The highest BCUT2D eigenvalue weighted by molar-refractivity contribution is 6.58. The van der Waals surface area contributed by atoms with Gasteiger partial charge in [0.05, 0.1) is 0 Å². The normalized spacial score (nSPS) is 18.8. The van der Waals surface area contributed by atoms with Gasteiger partial charge in [-0.15, -0.1) is 0 Å². The van der Waals surface area contributed by atoms with Gasteiger partial charge in [-0.05, 0) is 48.9 Å². The molecule has 2 N–H and O–H groups in total. The smallest absolute Gasteiger partial charge is 0.488 e. The number of benzene rings is 1. The van der Waals surface area contributed by atoms with Crippen molar-refractivity contribution in [3.05, 3.63) is 24.3 Å². The van der Waals surface area contributed by atoms with Crippen LogP contribution >= 0.6 is 0 Å². The molecule has 0 atom stereocenters. The molecule has 0 amide bonds. The standard InChI is InChI=1S/C15H24BNO3/c1-15(2)7-9-17(10-8-15)11-12-20-14-5-3-13(4-6-14)16(18)19/h3-6,18-19H,7-12H2,1-2H3. The maximum atomic E-state index is 9.01. The molecule has 0 unspecified atom stereocenters. The monoisotopic (exact) mass is 277 g/mol. The molecule has 0 aromatic heterocycles. The van der Waals surface area contributed by atoms with Crippen LogP contribution in [0.15, 0.2) is 24.3 Å². The Hall–Kier alpha value is -1.04. The van der Waals surface area contributed by atoms with E-state index in [9.17, 15) is 0 Å². The van der Waals surface area contributed by atoms with Crippen LogP contribution in [0.5, 0.6) is 5.75 Å². The Balaban J connectivity index is 1.71. The summed E-state index contributed by atoms with van der Waals surface area (Å²) in [5, 5.41) is 18.0. The average molecular weight is 277 g/mol. The minimum Gasteiger partial charge on any atom is -0.492 e. The quantitative estimate of drug-likeness (QED) is 0.784. The second kappa shape index (κ2) is 6.61. The van der Waals surface area contributed by atoms with E-state index in [1.54, 1.807) is 24.3 Å². The Labute approximate surface area is 121 Å². The molecule has 1 aliphatic rings. The molecule has 2 rings (SSSR count). The van der Waals surface area contributed by atoms with Crippen LogP contribution in [0.2, 0.25) is 0 Å². The van der Waals surface area contributed by atoms with Crippen LogP contribution < -0.4 is 10.2 Å². The van der Waals surface area contributed by atoms with Crippen molar-refractivity contribution < 1.29 is 14.8 Å². The summed E-state index contributed by atoms with van der Waals surface area (Å²) in [6.07, 6.45) is 2.49. The van der Waals surface area contributed by atoms with Gasteiger partial charge in [-0.3, -0.25) is 4.90 Å².